The van der Waals surface area contributed by atoms with Crippen LogP contribution in [0.25, 0.3) is 11.1 Å². The number of unbranched alkanes of at least 4 members (excludes halogenated alkanes) is 1. The number of ether oxygens (including phenoxy) is 9. The van der Waals surface area contributed by atoms with Crippen molar-refractivity contribution in [3.05, 3.63) is 169 Å². The largest absolute Gasteiger partial charge is 0.573 e. The molecule has 8 aliphatic rings. The number of likely N-dealkylation sites (N-methyl/N-ethyl adjacent to an activating group) is 1. The van der Waals surface area contributed by atoms with Gasteiger partial charge in [0.25, 0.3) is 5.91 Å². The standard InChI is InChI=1S/C94H111Cl2F3N12O30/c1-40(2)27-55(102-5)87(129)108-72-58(116)31-47(34-66(100)118)85(127)106-70-46-32-63(134-60-20-15-44(74(72)119)29-53(60)95)81(139-91-79(124)77(122)82(65(39-112)137-91)140-90-78(123)76(121)75(120)62(136-90)11-8-9-25-111-26-22-67(105-92(111)132)104-84(126)42-12-17-49(18-13-42)141-94(97,98)99)64(33-46)135-61-21-16-45(30-54(61)96)80(138-68-38-93(4,101)83(125)41(3)133-68)73-89(131)107-71(88(130)103-23-10-24-110(6)7)52-35-48(113)36-57(115)69(52)51-28-43(14-19-56(51)114)50(37-59(70)117)86(128)109-73/h12-22,26,28-30,32-33,35-36,40-41,47,50,55,62,65,68,70-80,82-83,90-91,102,112-115,119-125H,8-11,23-25,27,31,34,37-39,101H2,1-7H3,(H2,100,118)(H,103,130)(H,106,127)(H,107,131)(H,108,129)(H,109,128)(H,104,105,126,132)/t41-,47-,50+,55+,62+,65+,68?,70+,71+,72?,73-,74+,75-,76-,77+,78+,79+,80+,82+,83-,90-,91-,93-/m0/s1. The van der Waals surface area contributed by atoms with Crippen molar-refractivity contribution in [1.29, 1.82) is 0 Å². The Morgan fingerprint density at radius 3 is 2.00 bits per heavy atom. The number of alkyl halides is 3. The van der Waals surface area contributed by atoms with E-state index in [4.69, 9.17) is 72.6 Å². The number of hydrogen-bond acceptors (Lipinski definition) is 34. The van der Waals surface area contributed by atoms with Crippen LogP contribution in [0.3, 0.4) is 0 Å². The van der Waals surface area contributed by atoms with E-state index < -0.39 is 303 Å². The van der Waals surface area contributed by atoms with Gasteiger partial charge in [-0.15, -0.1) is 13.2 Å². The number of aromatic hydroxyl groups is 3. The van der Waals surface area contributed by atoms with E-state index in [9.17, 15) is 88.5 Å². The van der Waals surface area contributed by atoms with Crippen LogP contribution >= 0.6 is 23.2 Å². The van der Waals surface area contributed by atoms with Crippen LogP contribution in [0, 0.1) is 11.8 Å². The molecule has 762 valence electrons. The maximum atomic E-state index is 16.8. The number of carbonyl (C=O) groups is 9. The molecule has 0 aliphatic carbocycles. The summed E-state index contributed by atoms with van der Waals surface area (Å²) in [6, 6.07) is 10.2. The maximum absolute atomic E-state index is 16.8. The Hall–Kier alpha value is -11.8. The van der Waals surface area contributed by atoms with Crippen molar-refractivity contribution in [2.75, 3.05) is 46.2 Å². The van der Waals surface area contributed by atoms with Crippen LogP contribution in [-0.2, 0) is 68.6 Å². The molecule has 0 spiro atoms. The number of aryl methyl sites for hydroxylation is 1. The predicted molar refractivity (Wildman–Crippen MR) is 489 cm³/mol. The van der Waals surface area contributed by atoms with E-state index in [2.05, 4.69) is 46.9 Å². The molecule has 1 aromatic heterocycles. The molecule has 42 nitrogen and oxygen atoms in total. The Kier molecular flexibility index (Phi) is 34.1. The van der Waals surface area contributed by atoms with Crippen LogP contribution in [-0.4, -0.2) is 274 Å². The predicted octanol–water partition coefficient (Wildman–Crippen LogP) is 3.48. The molecule has 47 heteroatoms. The molecule has 8 aliphatic heterocycles. The normalized spacial score (nSPS) is 27.9. The number of nitrogens with two attached hydrogens (primary N) is 2. The van der Waals surface area contributed by atoms with E-state index in [1.807, 2.05) is 18.7 Å². The quantitative estimate of drug-likeness (QED) is 0.0328. The molecule has 2 unspecified atom stereocenters. The minimum atomic E-state index is -4.98. The van der Waals surface area contributed by atoms with Gasteiger partial charge in [0.1, 0.15) is 119 Å². The molecule has 11 bridgehead atoms. The number of fused-ring (bicyclic) bond motifs is 15. The number of rotatable bonds is 27. The van der Waals surface area contributed by atoms with Crippen LogP contribution < -0.4 is 73.3 Å². The van der Waals surface area contributed by atoms with Crippen molar-refractivity contribution >= 4 is 81.9 Å². The Morgan fingerprint density at radius 1 is 0.709 bits per heavy atom. The zero-order valence-electron chi connectivity index (χ0n) is 77.0. The number of nitrogens with one attached hydrogen (secondary N) is 7. The number of primary amides is 1. The number of amides is 7. The number of aromatic nitrogens is 2. The van der Waals surface area contributed by atoms with E-state index in [0.717, 1.165) is 71.3 Å². The van der Waals surface area contributed by atoms with Gasteiger partial charge in [0, 0.05) is 73.3 Å². The number of Topliss-reactive ketones (excluding diaryl/α,β-unsaturated/α-hetero) is 2. The lowest BCUT2D eigenvalue weighted by Gasteiger charge is -2.46. The number of benzene rings is 6. The van der Waals surface area contributed by atoms with Gasteiger partial charge in [-0.05, 0) is 192 Å². The number of phenols is 3. The zero-order valence-corrected chi connectivity index (χ0v) is 78.5. The molecule has 6 aromatic carbocycles. The molecule has 3 fully saturated rings. The van der Waals surface area contributed by atoms with Crippen molar-refractivity contribution in [3.63, 3.8) is 0 Å². The first-order valence-electron chi connectivity index (χ1n) is 45.2. The van der Waals surface area contributed by atoms with Gasteiger partial charge in [0.15, 0.2) is 35.6 Å². The third-order valence-corrected chi connectivity index (χ3v) is 25.6. The monoisotopic (exact) mass is 2010 g/mol. The molecule has 0 saturated carbocycles. The summed E-state index contributed by atoms with van der Waals surface area (Å²) < 4.78 is 94.9. The minimum absolute atomic E-state index is 0.0333. The maximum Gasteiger partial charge on any atom is 0.573 e. The topological polar surface area (TPSA) is 634 Å². The van der Waals surface area contributed by atoms with E-state index >= 15 is 28.8 Å². The minimum Gasteiger partial charge on any atom is -0.508 e. The summed E-state index contributed by atoms with van der Waals surface area (Å²) in [5.41, 5.74) is 8.02. The lowest BCUT2D eigenvalue weighted by Crippen LogP contribution is -2.64. The highest BCUT2D eigenvalue weighted by Crippen LogP contribution is 2.51. The Labute approximate surface area is 813 Å². The smallest absolute Gasteiger partial charge is 0.508 e. The van der Waals surface area contributed by atoms with Gasteiger partial charge in [-0.3, -0.25) is 47.7 Å². The summed E-state index contributed by atoms with van der Waals surface area (Å²) in [5, 5.41) is 148. The molecule has 9 heterocycles. The number of hydrogen-bond donors (Lipinski definition) is 20. The fraction of sp³-hybridized carbons (Fsp3) is 0.479. The van der Waals surface area contributed by atoms with Crippen LogP contribution in [0.2, 0.25) is 10.0 Å². The van der Waals surface area contributed by atoms with E-state index in [0.29, 0.717) is 13.0 Å². The van der Waals surface area contributed by atoms with Gasteiger partial charge in [0.2, 0.25) is 47.5 Å². The lowest BCUT2D eigenvalue weighted by molar-refractivity contribution is -0.351. The molecule has 22 N–H and O–H groups in total. The second-order valence-electron chi connectivity index (χ2n) is 36.3. The summed E-state index contributed by atoms with van der Waals surface area (Å²) in [6.07, 6.45) is -35.0. The number of ketones is 2. The fourth-order valence-electron chi connectivity index (χ4n) is 17.6. The zero-order chi connectivity index (χ0) is 102. The fourth-order valence-corrected chi connectivity index (χ4v) is 18.1. The Morgan fingerprint density at radius 2 is 1.37 bits per heavy atom. The van der Waals surface area contributed by atoms with Crippen molar-refractivity contribution in [1.82, 2.24) is 46.4 Å². The molecule has 0 radical (unpaired) electrons. The van der Waals surface area contributed by atoms with Crippen LogP contribution in [0.1, 0.15) is 154 Å². The van der Waals surface area contributed by atoms with Crippen molar-refractivity contribution in [2.45, 2.75) is 232 Å². The number of aliphatic hydroxyl groups excluding tert-OH is 8. The number of aliphatic hydroxyl groups is 8. The van der Waals surface area contributed by atoms with E-state index in [1.54, 1.807) is 14.1 Å². The molecule has 141 heavy (non-hydrogen) atoms. The van der Waals surface area contributed by atoms with Gasteiger partial charge >= 0.3 is 12.1 Å². The second-order valence-corrected chi connectivity index (χ2v) is 37.2. The average Bonchev–Trinajstić information content (AvgIpc) is 0.760. The highest BCUT2D eigenvalue weighted by Gasteiger charge is 2.54. The SMILES string of the molecule is CN[C@H](CC(C)C)C(=O)NC1C(=O)C[C@@H](CC(N)=O)C(=O)N[C@H]2C(=O)C[C@H]3C(=O)N[C@H](C(=O)N[C@@H](C(=O)NCCCN(C)C)c4cc(O)cc(O)c4-c4cc3ccc4O)[C@H](OC3C[C@](C)(N)[C@@H](O)[C@H](C)O3)c3ccc(c(Cl)c3)Oc3cc2cc(c3O[C@@H]2O[C@H](CO)[C@@H](O[C@@H]3O[C@H](CCCCn4ccc(NC(=O)c5ccc(OC(F)(F)F)cc5)nc4=O)[C@H](O)[C@H](O)[C@H]3O)[C@H](O)[C@H]2O)Oc2ccc(cc2Cl)[C@H]1O. The van der Waals surface area contributed by atoms with Crippen molar-refractivity contribution in [3.8, 4) is 62.9 Å². The van der Waals surface area contributed by atoms with Gasteiger partial charge in [-0.1, -0.05) is 55.2 Å². The molecular formula is C94H111Cl2F3N12O30. The number of nitrogens with zero attached hydrogens (tertiary/aromatic N) is 3. The third-order valence-electron chi connectivity index (χ3n) is 25.0. The van der Waals surface area contributed by atoms with Crippen LogP contribution in [0.4, 0.5) is 19.0 Å². The second kappa shape index (κ2) is 45.2. The van der Waals surface area contributed by atoms with Gasteiger partial charge in [-0.2, -0.15) is 4.98 Å². The Balaban J connectivity index is 0.918. The first-order chi connectivity index (χ1) is 66.7. The number of halogens is 5. The molecule has 3 saturated heterocycles. The summed E-state index contributed by atoms with van der Waals surface area (Å²) in [7, 11) is 5.04. The van der Waals surface area contributed by atoms with E-state index in [-0.39, 0.29) is 90.3 Å². The highest BCUT2D eigenvalue weighted by atomic mass is 35.5. The molecule has 23 atom stereocenters. The molecule has 15 rings (SSSR count). The van der Waals surface area contributed by atoms with E-state index in [1.165, 1.54) is 69.6 Å². The van der Waals surface area contributed by atoms with Crippen LogP contribution in [0.15, 0.2) is 120 Å². The molecule has 7 amide bonds. The molecular weight excluding hydrogens is 1900 g/mol. The average molecular weight is 2020 g/mol. The highest BCUT2D eigenvalue weighted by molar-refractivity contribution is 6.32. The van der Waals surface area contributed by atoms with Gasteiger partial charge < -0.3 is 152 Å². The first kappa shape index (κ1) is 106. The summed E-state index contributed by atoms with van der Waals surface area (Å²) in [6.45, 7) is 5.80. The molecule has 7 aromatic rings. The summed E-state index contributed by atoms with van der Waals surface area (Å²) in [4.78, 5) is 155. The van der Waals surface area contributed by atoms with Gasteiger partial charge in [0.05, 0.1) is 52.8 Å². The third kappa shape index (κ3) is 25.3. The Bertz CT molecular complexity index is 5850. The summed E-state index contributed by atoms with van der Waals surface area (Å²) >= 11 is 14.7. The number of anilines is 1. The number of carbonyl (C=O) groups excluding carboxylic acids is 9. The van der Waals surface area contributed by atoms with Crippen LogP contribution in [0.5, 0.6) is 51.7 Å². The number of phenolic OH excluding ortho intramolecular Hbond substituents is 3. The van der Waals surface area contributed by atoms with Gasteiger partial charge in [-0.25, -0.2) is 4.79 Å². The first-order valence-corrected chi connectivity index (χ1v) is 45.9. The lowest BCUT2D eigenvalue weighted by atomic mass is 9.84. The summed E-state index contributed by atoms with van der Waals surface area (Å²) in [5.74, 6) is -20.0. The van der Waals surface area contributed by atoms with Crippen molar-refractivity contribution in [2.24, 2.45) is 23.3 Å². The van der Waals surface area contributed by atoms with Crippen molar-refractivity contribution < 1.29 is 155 Å².